The Hall–Kier alpha value is -3.33. The lowest BCUT2D eigenvalue weighted by molar-refractivity contribution is -0.385. The monoisotopic (exact) mass is 360 g/mol. The van der Waals surface area contributed by atoms with E-state index in [1.807, 2.05) is 0 Å². The summed E-state index contributed by atoms with van der Waals surface area (Å²) in [6, 6.07) is 11.0. The lowest BCUT2D eigenvalue weighted by atomic mass is 10.2. The molecule has 0 aliphatic carbocycles. The molecular formula is C16H12N2O6S. The normalized spacial score (nSPS) is 11.8. The third-order valence-electron chi connectivity index (χ3n) is 3.06. The zero-order valence-electron chi connectivity index (χ0n) is 12.7. The fraction of sp³-hybridized carbons (Fsp3) is 0. The van der Waals surface area contributed by atoms with Gasteiger partial charge in [-0.25, -0.2) is 8.42 Å². The number of benzene rings is 2. The van der Waals surface area contributed by atoms with E-state index in [1.54, 1.807) is 0 Å². The zero-order valence-corrected chi connectivity index (χ0v) is 13.5. The van der Waals surface area contributed by atoms with Gasteiger partial charge in [-0.2, -0.15) is 0 Å². The van der Waals surface area contributed by atoms with Crippen LogP contribution >= 0.6 is 0 Å². The van der Waals surface area contributed by atoms with E-state index in [9.17, 15) is 28.6 Å². The van der Waals surface area contributed by atoms with Gasteiger partial charge in [-0.15, -0.1) is 0 Å². The van der Waals surface area contributed by atoms with Gasteiger partial charge in [0.1, 0.15) is 0 Å². The predicted molar refractivity (Wildman–Crippen MR) is 93.2 cm³/mol. The van der Waals surface area contributed by atoms with Crippen molar-refractivity contribution in [3.63, 3.8) is 0 Å². The van der Waals surface area contributed by atoms with Crippen LogP contribution in [0, 0.1) is 20.2 Å². The molecule has 2 rings (SSSR count). The van der Waals surface area contributed by atoms with Crippen LogP contribution in [0.1, 0.15) is 11.1 Å². The molecule has 0 spiro atoms. The average Bonchev–Trinajstić information content (AvgIpc) is 2.59. The van der Waals surface area contributed by atoms with Crippen molar-refractivity contribution in [1.82, 2.24) is 0 Å². The van der Waals surface area contributed by atoms with Crippen LogP contribution in [0.5, 0.6) is 0 Å². The van der Waals surface area contributed by atoms with Crippen LogP contribution in [0.4, 0.5) is 11.4 Å². The Morgan fingerprint density at radius 2 is 1.16 bits per heavy atom. The molecule has 9 heteroatoms. The van der Waals surface area contributed by atoms with Crippen LogP contribution in [0.25, 0.3) is 12.2 Å². The first kappa shape index (κ1) is 18.0. The predicted octanol–water partition coefficient (Wildman–Crippen LogP) is 3.56. The molecule has 2 aromatic rings. The number of rotatable bonds is 6. The Kier molecular flexibility index (Phi) is 5.40. The number of hydrogen-bond acceptors (Lipinski definition) is 6. The van der Waals surface area contributed by atoms with Gasteiger partial charge in [0.15, 0.2) is 9.84 Å². The molecule has 0 saturated carbocycles. The van der Waals surface area contributed by atoms with Crippen molar-refractivity contribution in [1.29, 1.82) is 0 Å². The molecule has 0 heterocycles. The molecule has 0 saturated heterocycles. The summed E-state index contributed by atoms with van der Waals surface area (Å²) in [4.78, 5) is 20.2. The van der Waals surface area contributed by atoms with E-state index in [0.29, 0.717) is 11.1 Å². The minimum atomic E-state index is -3.74. The van der Waals surface area contributed by atoms with E-state index in [2.05, 4.69) is 0 Å². The maximum atomic E-state index is 12.0. The fourth-order valence-corrected chi connectivity index (χ4v) is 2.66. The van der Waals surface area contributed by atoms with Crippen molar-refractivity contribution in [3.05, 3.63) is 90.7 Å². The third-order valence-corrected chi connectivity index (χ3v) is 4.09. The van der Waals surface area contributed by atoms with Crippen molar-refractivity contribution < 1.29 is 18.3 Å². The molecule has 0 N–H and O–H groups in total. The third kappa shape index (κ3) is 5.36. The largest absolute Gasteiger partial charge is 0.270 e. The van der Waals surface area contributed by atoms with Gasteiger partial charge in [-0.1, -0.05) is 24.3 Å². The summed E-state index contributed by atoms with van der Waals surface area (Å²) < 4.78 is 23.9. The smallest absolute Gasteiger partial charge is 0.258 e. The fourth-order valence-electron chi connectivity index (χ4n) is 1.88. The first-order valence-electron chi connectivity index (χ1n) is 6.87. The number of hydrogen-bond donors (Lipinski definition) is 0. The molecule has 0 unspecified atom stereocenters. The van der Waals surface area contributed by atoms with Crippen molar-refractivity contribution in [2.24, 2.45) is 0 Å². The number of nitro groups is 2. The molecule has 0 atom stereocenters. The Balaban J connectivity index is 2.19. The highest BCUT2D eigenvalue weighted by Crippen LogP contribution is 2.16. The first-order chi connectivity index (χ1) is 11.8. The molecule has 25 heavy (non-hydrogen) atoms. The minimum Gasteiger partial charge on any atom is -0.258 e. The topological polar surface area (TPSA) is 120 Å². The molecule has 128 valence electrons. The molecule has 0 bridgehead atoms. The van der Waals surface area contributed by atoms with Gasteiger partial charge >= 0.3 is 0 Å². The molecule has 0 fully saturated rings. The van der Waals surface area contributed by atoms with Gasteiger partial charge in [0.05, 0.1) is 9.85 Å². The number of nitrogens with zero attached hydrogens (tertiary/aromatic N) is 2. The second kappa shape index (κ2) is 7.49. The van der Waals surface area contributed by atoms with E-state index in [-0.39, 0.29) is 11.4 Å². The second-order valence-electron chi connectivity index (χ2n) is 4.90. The Labute approximate surface area is 143 Å². The molecule has 0 aromatic heterocycles. The van der Waals surface area contributed by atoms with Crippen molar-refractivity contribution >= 4 is 33.4 Å². The van der Waals surface area contributed by atoms with E-state index in [1.165, 1.54) is 60.7 Å². The molecule has 0 radical (unpaired) electrons. The Bertz CT molecular complexity index is 906. The number of nitro benzene ring substituents is 2. The molecule has 0 aliphatic rings. The van der Waals surface area contributed by atoms with Crippen LogP contribution in [0.15, 0.2) is 59.3 Å². The van der Waals surface area contributed by atoms with Gasteiger partial charge in [0, 0.05) is 35.1 Å². The van der Waals surface area contributed by atoms with Crippen LogP contribution in [-0.2, 0) is 9.84 Å². The summed E-state index contributed by atoms with van der Waals surface area (Å²) in [7, 11) is -3.74. The maximum absolute atomic E-state index is 12.0. The van der Waals surface area contributed by atoms with Gasteiger partial charge in [-0.05, 0) is 23.3 Å². The van der Waals surface area contributed by atoms with Gasteiger partial charge in [-0.3, -0.25) is 20.2 Å². The van der Waals surface area contributed by atoms with E-state index >= 15 is 0 Å². The minimum absolute atomic E-state index is 0.147. The first-order valence-corrected chi connectivity index (χ1v) is 8.48. The van der Waals surface area contributed by atoms with Crippen LogP contribution in [0.2, 0.25) is 0 Å². The summed E-state index contributed by atoms with van der Waals surface area (Å²) in [5.74, 6) is 0. The summed E-state index contributed by atoms with van der Waals surface area (Å²) in [6.45, 7) is 0. The molecule has 0 aliphatic heterocycles. The number of non-ortho nitro benzene ring substituents is 2. The summed E-state index contributed by atoms with van der Waals surface area (Å²) in [5.41, 5.74) is 0.432. The average molecular weight is 360 g/mol. The SMILES string of the molecule is O=[N+]([O-])c1cccc(C=CS(=O)(=O)C=Cc2cccc([N+](=O)[O-])c2)c1. The molecular weight excluding hydrogens is 348 g/mol. The Morgan fingerprint density at radius 3 is 1.52 bits per heavy atom. The highest BCUT2D eigenvalue weighted by atomic mass is 32.2. The quantitative estimate of drug-likeness (QED) is 0.573. The van der Waals surface area contributed by atoms with E-state index in [4.69, 9.17) is 0 Å². The number of sulfone groups is 1. The van der Waals surface area contributed by atoms with Crippen molar-refractivity contribution in [3.8, 4) is 0 Å². The van der Waals surface area contributed by atoms with Gasteiger partial charge in [0.2, 0.25) is 0 Å². The zero-order chi connectivity index (χ0) is 18.4. The highest BCUT2D eigenvalue weighted by Gasteiger charge is 2.06. The van der Waals surface area contributed by atoms with Crippen molar-refractivity contribution in [2.45, 2.75) is 0 Å². The van der Waals surface area contributed by atoms with E-state index < -0.39 is 19.7 Å². The summed E-state index contributed by atoms with van der Waals surface area (Å²) >= 11 is 0. The second-order valence-corrected chi connectivity index (χ2v) is 6.62. The van der Waals surface area contributed by atoms with E-state index in [0.717, 1.165) is 10.8 Å². The lowest BCUT2D eigenvalue weighted by Crippen LogP contribution is -1.90. The highest BCUT2D eigenvalue weighted by molar-refractivity contribution is 7.97. The summed E-state index contributed by atoms with van der Waals surface area (Å²) in [5, 5.41) is 23.2. The molecule has 2 aromatic carbocycles. The summed E-state index contributed by atoms with van der Waals surface area (Å²) in [6.07, 6.45) is 2.47. The standard InChI is InChI=1S/C16H12N2O6S/c19-17(20)15-5-1-3-13(11-15)7-9-25(23,24)10-8-14-4-2-6-16(12-14)18(21)22/h1-12H. The van der Waals surface area contributed by atoms with Crippen LogP contribution in [-0.4, -0.2) is 18.3 Å². The lowest BCUT2D eigenvalue weighted by Gasteiger charge is -1.95. The van der Waals surface area contributed by atoms with Gasteiger partial charge in [0.25, 0.3) is 11.4 Å². The van der Waals surface area contributed by atoms with Crippen LogP contribution < -0.4 is 0 Å². The molecule has 0 amide bonds. The Morgan fingerprint density at radius 1 is 0.760 bits per heavy atom. The maximum Gasteiger partial charge on any atom is 0.270 e. The van der Waals surface area contributed by atoms with Gasteiger partial charge < -0.3 is 0 Å². The molecule has 8 nitrogen and oxygen atoms in total. The van der Waals surface area contributed by atoms with Crippen molar-refractivity contribution in [2.75, 3.05) is 0 Å². The van der Waals surface area contributed by atoms with Crippen LogP contribution in [0.3, 0.4) is 0 Å².